The number of hydrogen-bond donors (Lipinski definition) is 0. The molecule has 0 bridgehead atoms. The van der Waals surface area contributed by atoms with Gasteiger partial charge < -0.3 is 33.3 Å². The summed E-state index contributed by atoms with van der Waals surface area (Å²) in [5, 5.41) is 11.8. The number of carboxylic acid groups (broad SMARTS) is 1. The summed E-state index contributed by atoms with van der Waals surface area (Å²) in [7, 11) is 5.93. The lowest BCUT2D eigenvalue weighted by atomic mass is 10.0. The molecule has 9 heteroatoms. The van der Waals surface area contributed by atoms with E-state index in [1.807, 2.05) is 21.1 Å². The van der Waals surface area contributed by atoms with E-state index in [4.69, 9.17) is 18.9 Å². The highest BCUT2D eigenvalue weighted by molar-refractivity contribution is 5.70. The predicted molar refractivity (Wildman–Crippen MR) is 361 cm³/mol. The Hall–Kier alpha value is -3.79. The van der Waals surface area contributed by atoms with Gasteiger partial charge in [0.05, 0.1) is 40.3 Å². The number of likely N-dealkylation sites (N-methyl/N-ethyl adjacent to an activating group) is 1. The van der Waals surface area contributed by atoms with Crippen molar-refractivity contribution >= 4 is 17.9 Å². The van der Waals surface area contributed by atoms with Gasteiger partial charge in [0.25, 0.3) is 0 Å². The molecule has 490 valence electrons. The number of allylic oxidation sites excluding steroid dienone is 16. The number of quaternary nitrogens is 1. The van der Waals surface area contributed by atoms with Crippen LogP contribution in [0.25, 0.3) is 0 Å². The van der Waals surface area contributed by atoms with E-state index in [0.29, 0.717) is 17.4 Å². The third-order valence-corrected chi connectivity index (χ3v) is 15.3. The van der Waals surface area contributed by atoms with Crippen molar-refractivity contribution in [1.82, 2.24) is 0 Å². The summed E-state index contributed by atoms with van der Waals surface area (Å²) < 4.78 is 22.8. The Morgan fingerprint density at radius 1 is 0.365 bits per heavy atom. The van der Waals surface area contributed by atoms with Crippen LogP contribution in [-0.2, 0) is 33.3 Å². The zero-order valence-corrected chi connectivity index (χ0v) is 56.0. The normalized spacial score (nSPS) is 13.3. The van der Waals surface area contributed by atoms with Crippen molar-refractivity contribution in [3.05, 3.63) is 97.2 Å². The van der Waals surface area contributed by atoms with Crippen LogP contribution in [0.3, 0.4) is 0 Å². The fourth-order valence-corrected chi connectivity index (χ4v) is 9.93. The minimum absolute atomic E-state index is 0.144. The summed E-state index contributed by atoms with van der Waals surface area (Å²) in [6.45, 7) is 4.65. The van der Waals surface area contributed by atoms with Crippen molar-refractivity contribution in [3.63, 3.8) is 0 Å². The van der Waals surface area contributed by atoms with Gasteiger partial charge in [0.2, 0.25) is 0 Å². The molecular weight excluding hydrogens is 1050 g/mol. The van der Waals surface area contributed by atoms with Gasteiger partial charge in [0.1, 0.15) is 13.2 Å². The van der Waals surface area contributed by atoms with Gasteiger partial charge in [-0.2, -0.15) is 0 Å². The van der Waals surface area contributed by atoms with Crippen LogP contribution in [-0.4, -0.2) is 82.3 Å². The first-order valence-corrected chi connectivity index (χ1v) is 35.4. The Labute approximate surface area is 524 Å². The third kappa shape index (κ3) is 67.6. The average Bonchev–Trinajstić information content (AvgIpc) is 3.48. The predicted octanol–water partition coefficient (Wildman–Crippen LogP) is 20.7. The highest BCUT2D eigenvalue weighted by Gasteiger charge is 2.22. The second-order valence-electron chi connectivity index (χ2n) is 24.8. The van der Waals surface area contributed by atoms with Gasteiger partial charge in [-0.25, -0.2) is 0 Å². The lowest BCUT2D eigenvalue weighted by Crippen LogP contribution is -2.44. The fourth-order valence-electron chi connectivity index (χ4n) is 9.93. The molecule has 9 nitrogen and oxygen atoms in total. The number of rotatable bonds is 65. The minimum atomic E-state index is -1.63. The molecule has 0 rings (SSSR count). The topological polar surface area (TPSA) is 111 Å². The summed E-state index contributed by atoms with van der Waals surface area (Å²) in [6.07, 6.45) is 87.7. The molecule has 0 aliphatic heterocycles. The SMILES string of the molecule is CC/C=C\C/C=C\C/C=C\C/C=C\C/C=C\CCCCCCCCCCCCCC(=O)OC(COC(=O)CCCCCCCCCCCCCCCCCCCC/C=C\C/C=C\C/C=C\CCCCCCC)COC(OCC[N+](C)(C)C)C(=O)[O-]. The largest absolute Gasteiger partial charge is 0.545 e. The van der Waals surface area contributed by atoms with Crippen molar-refractivity contribution in [2.24, 2.45) is 0 Å². The van der Waals surface area contributed by atoms with Crippen molar-refractivity contribution in [2.45, 2.75) is 322 Å². The van der Waals surface area contributed by atoms with Crippen molar-refractivity contribution in [3.8, 4) is 0 Å². The first kappa shape index (κ1) is 81.2. The highest BCUT2D eigenvalue weighted by Crippen LogP contribution is 2.17. The van der Waals surface area contributed by atoms with Gasteiger partial charge >= 0.3 is 11.9 Å². The Bertz CT molecular complexity index is 1720. The van der Waals surface area contributed by atoms with Crippen LogP contribution in [0.1, 0.15) is 309 Å². The summed E-state index contributed by atoms with van der Waals surface area (Å²) >= 11 is 0. The molecule has 2 atom stereocenters. The smallest absolute Gasteiger partial charge is 0.306 e. The summed E-state index contributed by atoms with van der Waals surface area (Å²) in [6, 6.07) is 0. The molecule has 0 aromatic heterocycles. The first-order valence-electron chi connectivity index (χ1n) is 35.4. The molecule has 0 aromatic carbocycles. The molecule has 0 spiro atoms. The number of hydrogen-bond acceptors (Lipinski definition) is 8. The van der Waals surface area contributed by atoms with Crippen LogP contribution in [0, 0.1) is 0 Å². The summed E-state index contributed by atoms with van der Waals surface area (Å²) in [4.78, 5) is 37.5. The molecule has 0 aliphatic carbocycles. The molecule has 0 radical (unpaired) electrons. The van der Waals surface area contributed by atoms with E-state index in [2.05, 4.69) is 111 Å². The fraction of sp³-hybridized carbons (Fsp3) is 0.750. The van der Waals surface area contributed by atoms with Gasteiger partial charge in [0.15, 0.2) is 12.4 Å². The van der Waals surface area contributed by atoms with E-state index >= 15 is 0 Å². The van der Waals surface area contributed by atoms with Gasteiger partial charge in [0, 0.05) is 12.8 Å². The number of carboxylic acids is 1. The van der Waals surface area contributed by atoms with Gasteiger partial charge in [-0.1, -0.05) is 297 Å². The van der Waals surface area contributed by atoms with Crippen LogP contribution >= 0.6 is 0 Å². The molecule has 0 saturated heterocycles. The van der Waals surface area contributed by atoms with E-state index in [1.54, 1.807) is 0 Å². The zero-order valence-electron chi connectivity index (χ0n) is 56.0. The zero-order chi connectivity index (χ0) is 61.9. The van der Waals surface area contributed by atoms with Gasteiger partial charge in [-0.15, -0.1) is 0 Å². The molecule has 0 aromatic rings. The molecular formula is C76H133NO8. The number of nitrogens with zero attached hydrogens (tertiary/aromatic N) is 1. The molecule has 0 N–H and O–H groups in total. The van der Waals surface area contributed by atoms with E-state index in [0.717, 1.165) is 89.9 Å². The number of carbonyl (C=O) groups is 3. The van der Waals surface area contributed by atoms with Crippen LogP contribution in [0.5, 0.6) is 0 Å². The maximum absolute atomic E-state index is 12.9. The van der Waals surface area contributed by atoms with E-state index in [1.165, 1.54) is 186 Å². The molecule has 2 unspecified atom stereocenters. The standard InChI is InChI=1S/C76H133NO8/c1-6-8-10-12-14-16-18-20-22-24-26-28-30-32-34-35-36-37-38-39-41-42-44-46-48-50-52-54-56-58-60-62-64-66-73(78)83-70-72(71-84-76(75(80)81)82-69-68-77(3,4)5)85-74(79)67-65-63-61-59-57-55-53-51-49-47-45-43-40-33-31-29-27-25-23-21-19-17-15-13-11-9-7-2/h9,11,15,17-18,20-21,23-24,26-27,29-30,32-33,40,72,76H,6-8,10,12-14,16,19,22,25,28,31,34-39,41-71H2,1-5H3/b11-9-,17-15-,20-18-,23-21-,26-24-,29-27-,32-30-,40-33-. The highest BCUT2D eigenvalue weighted by atomic mass is 16.7. The first-order chi connectivity index (χ1) is 41.6. The van der Waals surface area contributed by atoms with Crippen molar-refractivity contribution in [2.75, 3.05) is 47.5 Å². The number of esters is 2. The van der Waals surface area contributed by atoms with Crippen LogP contribution in [0.15, 0.2) is 97.2 Å². The molecule has 0 saturated carbocycles. The Morgan fingerprint density at radius 2 is 0.671 bits per heavy atom. The molecule has 0 aliphatic rings. The summed E-state index contributed by atoms with van der Waals surface area (Å²) in [5.41, 5.74) is 0. The molecule has 85 heavy (non-hydrogen) atoms. The third-order valence-electron chi connectivity index (χ3n) is 15.3. The van der Waals surface area contributed by atoms with E-state index in [-0.39, 0.29) is 38.6 Å². The quantitative estimate of drug-likeness (QED) is 0.0195. The van der Waals surface area contributed by atoms with E-state index in [9.17, 15) is 19.5 Å². The number of ether oxygens (including phenoxy) is 4. The number of aliphatic carboxylic acids is 1. The average molecular weight is 1190 g/mol. The molecule has 0 fully saturated rings. The number of unbranched alkanes of at least 4 members (excludes halogenated alkanes) is 34. The second kappa shape index (κ2) is 66.2. The summed E-state index contributed by atoms with van der Waals surface area (Å²) in [5.74, 6) is -2.28. The van der Waals surface area contributed by atoms with Gasteiger partial charge in [-0.3, -0.25) is 9.59 Å². The lowest BCUT2D eigenvalue weighted by Gasteiger charge is -2.26. The van der Waals surface area contributed by atoms with Crippen LogP contribution in [0.4, 0.5) is 0 Å². The molecule has 0 heterocycles. The van der Waals surface area contributed by atoms with Crippen LogP contribution < -0.4 is 5.11 Å². The minimum Gasteiger partial charge on any atom is -0.545 e. The van der Waals surface area contributed by atoms with Crippen molar-refractivity contribution < 1.29 is 42.9 Å². The Kier molecular flexibility index (Phi) is 63.2. The molecule has 0 amide bonds. The van der Waals surface area contributed by atoms with E-state index < -0.39 is 24.3 Å². The Morgan fingerprint density at radius 3 is 1.00 bits per heavy atom. The lowest BCUT2D eigenvalue weighted by molar-refractivity contribution is -0.870. The number of carbonyl (C=O) groups excluding carboxylic acids is 3. The maximum atomic E-state index is 12.9. The van der Waals surface area contributed by atoms with Crippen LogP contribution in [0.2, 0.25) is 0 Å². The monoisotopic (exact) mass is 1190 g/mol. The van der Waals surface area contributed by atoms with Crippen molar-refractivity contribution in [1.29, 1.82) is 0 Å². The van der Waals surface area contributed by atoms with Gasteiger partial charge in [-0.05, 0) is 96.3 Å². The maximum Gasteiger partial charge on any atom is 0.306 e. The Balaban J connectivity index is 4.10. The second-order valence-corrected chi connectivity index (χ2v) is 24.8.